The van der Waals surface area contributed by atoms with E-state index in [1.165, 1.54) is 12.2 Å². The van der Waals surface area contributed by atoms with Crippen LogP contribution in [0.4, 0.5) is 11.7 Å². The zero-order valence-corrected chi connectivity index (χ0v) is 5.37. The molecular weight excluding hydrogens is 151 g/mol. The maximum atomic E-state index is 11.7. The van der Waals surface area contributed by atoms with E-state index in [2.05, 4.69) is 0 Å². The van der Waals surface area contributed by atoms with Gasteiger partial charge in [-0.05, 0) is 0 Å². The Hall–Kier alpha value is -0.160. The highest BCUT2D eigenvalue weighted by atomic mass is 32.3. The number of rotatable bonds is 1. The summed E-state index contributed by atoms with van der Waals surface area (Å²) in [4.78, 5) is 0. The van der Waals surface area contributed by atoms with E-state index in [9.17, 15) is 11.7 Å². The van der Waals surface area contributed by atoms with Gasteiger partial charge in [-0.2, -0.15) is 4.31 Å². The summed E-state index contributed by atoms with van der Waals surface area (Å²) in [5, 5.41) is 0. The maximum Gasteiger partial charge on any atom is 0.278 e. The lowest BCUT2D eigenvalue weighted by Crippen LogP contribution is -2.16. The van der Waals surface area contributed by atoms with E-state index in [1.807, 2.05) is 0 Å². The standard InChI is InChI=1S/C4H6F3NS/c5-9(6,7)8-3-1-2-4-8/h1-2H,3-4H2. The van der Waals surface area contributed by atoms with Gasteiger partial charge in [-0.25, -0.2) is 0 Å². The van der Waals surface area contributed by atoms with Crippen molar-refractivity contribution in [3.63, 3.8) is 0 Å². The molecule has 0 aromatic heterocycles. The fourth-order valence-corrected chi connectivity index (χ4v) is 1.14. The van der Waals surface area contributed by atoms with Gasteiger partial charge in [0.25, 0.3) is 11.4 Å². The van der Waals surface area contributed by atoms with Crippen LogP contribution >= 0.6 is 11.4 Å². The molecule has 0 aliphatic carbocycles. The second-order valence-corrected chi connectivity index (χ2v) is 2.98. The van der Waals surface area contributed by atoms with Crippen molar-refractivity contribution in [2.24, 2.45) is 0 Å². The topological polar surface area (TPSA) is 3.24 Å². The van der Waals surface area contributed by atoms with E-state index in [-0.39, 0.29) is 13.1 Å². The van der Waals surface area contributed by atoms with Crippen molar-refractivity contribution in [1.82, 2.24) is 4.31 Å². The van der Waals surface area contributed by atoms with Gasteiger partial charge in [0.05, 0.1) is 0 Å². The van der Waals surface area contributed by atoms with Gasteiger partial charge in [0, 0.05) is 13.1 Å². The molecular formula is C4H6F3NS. The zero-order valence-electron chi connectivity index (χ0n) is 4.56. The van der Waals surface area contributed by atoms with Gasteiger partial charge in [-0.3, -0.25) is 0 Å². The largest absolute Gasteiger partial charge is 0.278 e. The van der Waals surface area contributed by atoms with Crippen LogP contribution in [0.25, 0.3) is 0 Å². The molecule has 0 fully saturated rings. The first-order chi connectivity index (χ1) is 4.11. The minimum Gasteiger partial charge on any atom is -0.185 e. The highest BCUT2D eigenvalue weighted by Crippen LogP contribution is 2.56. The van der Waals surface area contributed by atoms with Crippen molar-refractivity contribution in [3.8, 4) is 0 Å². The van der Waals surface area contributed by atoms with Crippen molar-refractivity contribution in [2.45, 2.75) is 0 Å². The van der Waals surface area contributed by atoms with Gasteiger partial charge >= 0.3 is 0 Å². The van der Waals surface area contributed by atoms with Crippen LogP contribution in [-0.4, -0.2) is 17.4 Å². The molecule has 1 aliphatic heterocycles. The summed E-state index contributed by atoms with van der Waals surface area (Å²) < 4.78 is 35.7. The molecule has 1 nitrogen and oxygen atoms in total. The van der Waals surface area contributed by atoms with Crippen molar-refractivity contribution in [2.75, 3.05) is 13.1 Å². The summed E-state index contributed by atoms with van der Waals surface area (Å²) in [6.45, 7) is 0.0810. The van der Waals surface area contributed by atoms with Crippen LogP contribution in [0.15, 0.2) is 12.2 Å². The van der Waals surface area contributed by atoms with Crippen LogP contribution in [-0.2, 0) is 0 Å². The maximum absolute atomic E-state index is 11.7. The monoisotopic (exact) mass is 157 g/mol. The van der Waals surface area contributed by atoms with Crippen molar-refractivity contribution in [3.05, 3.63) is 12.2 Å². The highest BCUT2D eigenvalue weighted by molar-refractivity contribution is 8.18. The smallest absolute Gasteiger partial charge is 0.185 e. The molecule has 1 rings (SSSR count). The summed E-state index contributed by atoms with van der Waals surface area (Å²) in [6, 6.07) is 0. The van der Waals surface area contributed by atoms with Crippen LogP contribution in [0.5, 0.6) is 0 Å². The first-order valence-corrected chi connectivity index (χ1v) is 3.72. The molecule has 0 radical (unpaired) electrons. The summed E-state index contributed by atoms with van der Waals surface area (Å²) in [5.41, 5.74) is 0. The lowest BCUT2D eigenvalue weighted by atomic mass is 10.6. The second-order valence-electron chi connectivity index (χ2n) is 1.70. The fraction of sp³-hybridized carbons (Fsp3) is 0.500. The Morgan fingerprint density at radius 3 is 1.78 bits per heavy atom. The number of hydrogen-bond donors (Lipinski definition) is 0. The average Bonchev–Trinajstić information content (AvgIpc) is 2.08. The summed E-state index contributed by atoms with van der Waals surface area (Å²) in [6.07, 6.45) is 3.06. The number of nitrogens with zero attached hydrogens (tertiary/aromatic N) is 1. The third kappa shape index (κ3) is 1.62. The number of halogens is 3. The molecule has 0 aromatic carbocycles. The molecule has 0 saturated heterocycles. The van der Waals surface area contributed by atoms with E-state index in [4.69, 9.17) is 0 Å². The van der Waals surface area contributed by atoms with Gasteiger partial charge in [-0.1, -0.05) is 12.2 Å². The molecule has 0 atom stereocenters. The molecule has 0 saturated carbocycles. The first-order valence-electron chi connectivity index (χ1n) is 2.43. The van der Waals surface area contributed by atoms with E-state index in [1.54, 1.807) is 0 Å². The fourth-order valence-electron chi connectivity index (χ4n) is 0.628. The van der Waals surface area contributed by atoms with Crippen LogP contribution in [0.3, 0.4) is 0 Å². The van der Waals surface area contributed by atoms with Crippen LogP contribution in [0, 0.1) is 0 Å². The molecule has 5 heteroatoms. The van der Waals surface area contributed by atoms with Crippen LogP contribution in [0.2, 0.25) is 0 Å². The molecule has 0 N–H and O–H groups in total. The van der Waals surface area contributed by atoms with E-state index in [0.717, 1.165) is 0 Å². The molecule has 1 aliphatic rings. The molecule has 0 unspecified atom stereocenters. The van der Waals surface area contributed by atoms with Gasteiger partial charge in [0.2, 0.25) is 0 Å². The SMILES string of the molecule is FS(F)(F)N1CC=CC1. The quantitative estimate of drug-likeness (QED) is 0.527. The first kappa shape index (κ1) is 6.95. The Bertz CT molecular complexity index is 122. The lowest BCUT2D eigenvalue weighted by molar-refractivity contribution is 0.459. The normalized spacial score (nSPS) is 23.0. The lowest BCUT2D eigenvalue weighted by Gasteiger charge is -2.20. The molecule has 9 heavy (non-hydrogen) atoms. The van der Waals surface area contributed by atoms with Gasteiger partial charge in [0.1, 0.15) is 0 Å². The molecule has 0 aromatic rings. The minimum absolute atomic E-state index is 0.0405. The third-order valence-corrected chi connectivity index (χ3v) is 1.96. The van der Waals surface area contributed by atoms with Crippen LogP contribution < -0.4 is 0 Å². The van der Waals surface area contributed by atoms with Crippen molar-refractivity contribution >= 4 is 11.4 Å². The molecule has 0 spiro atoms. The summed E-state index contributed by atoms with van der Waals surface area (Å²) >= 11 is -4.93. The minimum atomic E-state index is -4.93. The molecule has 0 amide bonds. The second kappa shape index (κ2) is 2.22. The van der Waals surface area contributed by atoms with Crippen molar-refractivity contribution in [1.29, 1.82) is 0 Å². The number of hydrogen-bond acceptors (Lipinski definition) is 1. The predicted octanol–water partition coefficient (Wildman–Crippen LogP) is 2.23. The Kier molecular flexibility index (Phi) is 1.72. The Morgan fingerprint density at radius 2 is 1.56 bits per heavy atom. The van der Waals surface area contributed by atoms with Gasteiger partial charge in [-0.15, -0.1) is 11.7 Å². The molecule has 0 bridgehead atoms. The predicted molar refractivity (Wildman–Crippen MR) is 31.6 cm³/mol. The van der Waals surface area contributed by atoms with E-state index >= 15 is 0 Å². The van der Waals surface area contributed by atoms with Crippen LogP contribution in [0.1, 0.15) is 0 Å². The van der Waals surface area contributed by atoms with E-state index < -0.39 is 11.4 Å². The third-order valence-electron chi connectivity index (χ3n) is 1.08. The summed E-state index contributed by atoms with van der Waals surface area (Å²) in [7, 11) is 0. The van der Waals surface area contributed by atoms with Gasteiger partial charge < -0.3 is 0 Å². The molecule has 1 heterocycles. The molecule has 54 valence electrons. The Morgan fingerprint density at radius 1 is 1.11 bits per heavy atom. The Balaban J connectivity index is 2.46. The van der Waals surface area contributed by atoms with Gasteiger partial charge in [0.15, 0.2) is 0 Å². The van der Waals surface area contributed by atoms with E-state index in [0.29, 0.717) is 4.31 Å². The van der Waals surface area contributed by atoms with Crippen molar-refractivity contribution < 1.29 is 11.7 Å². The zero-order chi connectivity index (χ0) is 6.91. The summed E-state index contributed by atoms with van der Waals surface area (Å²) in [5.74, 6) is 0. The average molecular weight is 157 g/mol. The Labute approximate surface area is 53.5 Å². The highest BCUT2D eigenvalue weighted by Gasteiger charge is 2.30.